The molecule has 1 aliphatic heterocycles. The fourth-order valence-electron chi connectivity index (χ4n) is 2.96. The van der Waals surface area contributed by atoms with Crippen LogP contribution in [0.15, 0.2) is 18.2 Å². The fraction of sp³-hybridized carbons (Fsp3) is 0.200. The quantitative estimate of drug-likeness (QED) is 0.319. The van der Waals surface area contributed by atoms with E-state index in [0.29, 0.717) is 33.9 Å². The number of benzene rings is 2. The van der Waals surface area contributed by atoms with E-state index in [1.807, 2.05) is 0 Å². The first kappa shape index (κ1) is 15.8. The van der Waals surface area contributed by atoms with Crippen LogP contribution >= 0.6 is 0 Å². The predicted molar refractivity (Wildman–Crippen MR) is 97.6 cm³/mol. The normalized spacial score (nSPS) is 22.7. The van der Waals surface area contributed by atoms with Crippen molar-refractivity contribution in [3.63, 3.8) is 0 Å². The van der Waals surface area contributed by atoms with E-state index in [0.717, 1.165) is 0 Å². The molecule has 0 amide bonds. The zero-order valence-electron chi connectivity index (χ0n) is 13.0. The van der Waals surface area contributed by atoms with Crippen LogP contribution in [-0.4, -0.2) is 6.04 Å². The topological polar surface area (TPSA) is 217 Å². The molecule has 0 aliphatic carbocycles. The number of nitrogens with two attached hydrogens (primary N) is 8. The lowest BCUT2D eigenvalue weighted by Crippen LogP contribution is -2.45. The third-order valence-corrected chi connectivity index (χ3v) is 4.46. The number of ether oxygens (including phenoxy) is 1. The molecule has 0 spiro atoms. The van der Waals surface area contributed by atoms with Crippen molar-refractivity contribution in [1.29, 1.82) is 0 Å². The molecule has 9 nitrogen and oxygen atoms in total. The fourth-order valence-corrected chi connectivity index (χ4v) is 2.96. The summed E-state index contributed by atoms with van der Waals surface area (Å²) in [6.45, 7) is 0. The zero-order chi connectivity index (χ0) is 17.8. The second kappa shape index (κ2) is 5.25. The average Bonchev–Trinajstić information content (AvgIpc) is 2.54. The molecule has 0 saturated heterocycles. The molecular formula is C15H22N8O. The Labute approximate surface area is 138 Å². The summed E-state index contributed by atoms with van der Waals surface area (Å²) in [5.41, 5.74) is 51.0. The van der Waals surface area contributed by atoms with E-state index < -0.39 is 18.2 Å². The Bertz CT molecular complexity index is 822. The van der Waals surface area contributed by atoms with Crippen LogP contribution in [0.3, 0.4) is 0 Å². The average molecular weight is 330 g/mol. The molecule has 0 fully saturated rings. The Hall–Kier alpha value is -3.04. The maximum Gasteiger partial charge on any atom is 0.143 e. The van der Waals surface area contributed by atoms with Gasteiger partial charge in [-0.1, -0.05) is 6.07 Å². The minimum absolute atomic E-state index is 0.259. The molecule has 128 valence electrons. The first-order valence-electron chi connectivity index (χ1n) is 7.32. The largest absolute Gasteiger partial charge is 0.483 e. The molecule has 0 radical (unpaired) electrons. The van der Waals surface area contributed by atoms with Gasteiger partial charge in [-0.3, -0.25) is 0 Å². The Morgan fingerprint density at radius 3 is 2.04 bits per heavy atom. The molecule has 3 unspecified atom stereocenters. The monoisotopic (exact) mass is 330 g/mol. The highest BCUT2D eigenvalue weighted by Gasteiger charge is 2.38. The number of rotatable bonds is 1. The first-order valence-corrected chi connectivity index (χ1v) is 7.32. The Kier molecular flexibility index (Phi) is 3.47. The number of fused-ring (bicyclic) bond motifs is 1. The Morgan fingerprint density at radius 1 is 0.750 bits per heavy atom. The van der Waals surface area contributed by atoms with Crippen molar-refractivity contribution in [2.75, 3.05) is 34.4 Å². The SMILES string of the molecule is Nc1ccc(C2Oc3cc(N)c(N)c(N)c3C(N)C2N)c(N)c1N. The van der Waals surface area contributed by atoms with E-state index >= 15 is 0 Å². The maximum absolute atomic E-state index is 6.28. The van der Waals surface area contributed by atoms with Gasteiger partial charge in [-0.25, -0.2) is 0 Å². The highest BCUT2D eigenvalue weighted by Crippen LogP contribution is 2.47. The predicted octanol–water partition coefficient (Wildman–Crippen LogP) is -0.359. The third-order valence-electron chi connectivity index (χ3n) is 4.46. The van der Waals surface area contributed by atoms with Crippen molar-refractivity contribution in [3.05, 3.63) is 29.3 Å². The Morgan fingerprint density at radius 2 is 1.38 bits per heavy atom. The van der Waals surface area contributed by atoms with Gasteiger partial charge < -0.3 is 50.6 Å². The van der Waals surface area contributed by atoms with Gasteiger partial charge in [-0.2, -0.15) is 0 Å². The highest BCUT2D eigenvalue weighted by molar-refractivity contribution is 5.84. The lowest BCUT2D eigenvalue weighted by Gasteiger charge is -2.37. The smallest absolute Gasteiger partial charge is 0.143 e. The summed E-state index contributed by atoms with van der Waals surface area (Å²) < 4.78 is 6.00. The number of nitrogen functional groups attached to an aromatic ring is 6. The minimum atomic E-state index is -0.627. The summed E-state index contributed by atoms with van der Waals surface area (Å²) in [6.07, 6.45) is -0.627. The summed E-state index contributed by atoms with van der Waals surface area (Å²) >= 11 is 0. The molecule has 0 aromatic heterocycles. The van der Waals surface area contributed by atoms with Gasteiger partial charge in [0.1, 0.15) is 11.9 Å². The van der Waals surface area contributed by atoms with Crippen LogP contribution in [0.5, 0.6) is 5.75 Å². The maximum atomic E-state index is 6.28. The molecule has 24 heavy (non-hydrogen) atoms. The van der Waals surface area contributed by atoms with Crippen molar-refractivity contribution >= 4 is 34.1 Å². The summed E-state index contributed by atoms with van der Waals surface area (Å²) in [6, 6.07) is 3.71. The van der Waals surface area contributed by atoms with E-state index in [1.165, 1.54) is 0 Å². The molecule has 16 N–H and O–H groups in total. The summed E-state index contributed by atoms with van der Waals surface area (Å²) in [5, 5.41) is 0. The zero-order valence-corrected chi connectivity index (χ0v) is 13.0. The van der Waals surface area contributed by atoms with Crippen LogP contribution in [0.2, 0.25) is 0 Å². The van der Waals surface area contributed by atoms with Crippen molar-refractivity contribution in [2.24, 2.45) is 11.5 Å². The summed E-state index contributed by atoms with van der Waals surface area (Å²) in [5.74, 6) is 0.424. The minimum Gasteiger partial charge on any atom is -0.483 e. The Balaban J connectivity index is 2.13. The number of anilines is 6. The summed E-state index contributed by atoms with van der Waals surface area (Å²) in [7, 11) is 0. The van der Waals surface area contributed by atoms with E-state index in [1.54, 1.807) is 18.2 Å². The van der Waals surface area contributed by atoms with Gasteiger partial charge in [0.2, 0.25) is 0 Å². The molecule has 0 saturated carbocycles. The molecule has 9 heteroatoms. The molecule has 2 aromatic rings. The van der Waals surface area contributed by atoms with Crippen molar-refractivity contribution in [3.8, 4) is 5.75 Å². The van der Waals surface area contributed by atoms with Gasteiger partial charge in [0.25, 0.3) is 0 Å². The van der Waals surface area contributed by atoms with Gasteiger partial charge in [0, 0.05) is 17.2 Å². The molecule has 3 atom stereocenters. The van der Waals surface area contributed by atoms with E-state index in [9.17, 15) is 0 Å². The van der Waals surface area contributed by atoms with Crippen LogP contribution in [0.1, 0.15) is 23.3 Å². The third kappa shape index (κ3) is 2.10. The molecule has 0 bridgehead atoms. The van der Waals surface area contributed by atoms with Crippen molar-refractivity contribution in [2.45, 2.75) is 18.2 Å². The number of hydrogen-bond donors (Lipinski definition) is 8. The van der Waals surface area contributed by atoms with Gasteiger partial charge in [0.05, 0.1) is 46.2 Å². The lowest BCUT2D eigenvalue weighted by atomic mass is 9.87. The number of hydrogen-bond acceptors (Lipinski definition) is 9. The highest BCUT2D eigenvalue weighted by atomic mass is 16.5. The van der Waals surface area contributed by atoms with Gasteiger partial charge >= 0.3 is 0 Å². The molecule has 1 heterocycles. The lowest BCUT2D eigenvalue weighted by molar-refractivity contribution is 0.137. The van der Waals surface area contributed by atoms with Crippen molar-refractivity contribution in [1.82, 2.24) is 0 Å². The van der Waals surface area contributed by atoms with Crippen LogP contribution in [0, 0.1) is 0 Å². The molecule has 2 aromatic carbocycles. The second-order valence-electron chi connectivity index (χ2n) is 5.92. The summed E-state index contributed by atoms with van der Waals surface area (Å²) in [4.78, 5) is 0. The van der Waals surface area contributed by atoms with Gasteiger partial charge in [-0.15, -0.1) is 0 Å². The van der Waals surface area contributed by atoms with E-state index in [4.69, 9.17) is 50.6 Å². The van der Waals surface area contributed by atoms with Gasteiger partial charge in [0.15, 0.2) is 0 Å². The van der Waals surface area contributed by atoms with E-state index in [2.05, 4.69) is 0 Å². The first-order chi connectivity index (χ1) is 11.2. The van der Waals surface area contributed by atoms with Crippen LogP contribution in [-0.2, 0) is 0 Å². The molecule has 3 rings (SSSR count). The van der Waals surface area contributed by atoms with E-state index in [-0.39, 0.29) is 17.1 Å². The second-order valence-corrected chi connectivity index (χ2v) is 5.92. The van der Waals surface area contributed by atoms with Gasteiger partial charge in [-0.05, 0) is 6.07 Å². The van der Waals surface area contributed by atoms with Crippen LogP contribution < -0.4 is 50.6 Å². The molecular weight excluding hydrogens is 308 g/mol. The van der Waals surface area contributed by atoms with Crippen molar-refractivity contribution < 1.29 is 4.74 Å². The standard InChI is InChI=1S/C15H22N8O/c16-5-2-1-4(9(18)10(5)19)15-14(23)13(22)8-7(24-15)3-6(17)11(20)12(8)21/h1-3,13-15H,16-23H2. The molecule has 1 aliphatic rings. The van der Waals surface area contributed by atoms with Crippen LogP contribution in [0.4, 0.5) is 34.1 Å². The van der Waals surface area contributed by atoms with Crippen LogP contribution in [0.25, 0.3) is 0 Å².